The molecule has 0 saturated heterocycles. The smallest absolute Gasteiger partial charge is 0.309 e. The Balaban J connectivity index is 2.20. The second-order valence-electron chi connectivity index (χ2n) is 5.83. The van der Waals surface area contributed by atoms with E-state index in [1.54, 1.807) is 0 Å². The third-order valence-electron chi connectivity index (χ3n) is 4.24. The Hall–Kier alpha value is -2.19. The summed E-state index contributed by atoms with van der Waals surface area (Å²) < 4.78 is 23.7. The summed E-state index contributed by atoms with van der Waals surface area (Å²) in [6, 6.07) is 24.0. The first kappa shape index (κ1) is 17.6. The Morgan fingerprint density at radius 2 is 1.32 bits per heavy atom. The molecular weight excluding hydrogens is 331 g/mol. The summed E-state index contributed by atoms with van der Waals surface area (Å²) in [7, 11) is -0.565. The van der Waals surface area contributed by atoms with Crippen molar-refractivity contribution < 1.29 is 13.6 Å². The van der Waals surface area contributed by atoms with Gasteiger partial charge in [0.1, 0.15) is 0 Å². The molecule has 3 aromatic carbocycles. The fourth-order valence-corrected chi connectivity index (χ4v) is 4.16. The van der Waals surface area contributed by atoms with Gasteiger partial charge in [0, 0.05) is 14.2 Å². The van der Waals surface area contributed by atoms with E-state index < -0.39 is 7.60 Å². The lowest BCUT2D eigenvalue weighted by molar-refractivity contribution is 0.287. The number of hydrogen-bond acceptors (Lipinski definition) is 3. The van der Waals surface area contributed by atoms with E-state index in [0.717, 1.165) is 22.3 Å². The van der Waals surface area contributed by atoms with Crippen LogP contribution in [0.3, 0.4) is 0 Å². The first-order valence-electron chi connectivity index (χ1n) is 8.06. The number of aryl methyl sites for hydroxylation is 1. The van der Waals surface area contributed by atoms with E-state index >= 15 is 0 Å². The molecular formula is C21H21O3P. The molecule has 0 aliphatic heterocycles. The fourth-order valence-electron chi connectivity index (χ4n) is 2.82. The molecule has 0 fully saturated rings. The highest BCUT2D eigenvalue weighted by Crippen LogP contribution is 2.48. The minimum absolute atomic E-state index is 0.571. The van der Waals surface area contributed by atoms with E-state index in [4.69, 9.17) is 9.05 Å². The van der Waals surface area contributed by atoms with Crippen LogP contribution in [0.2, 0.25) is 0 Å². The maximum absolute atomic E-state index is 13.1. The van der Waals surface area contributed by atoms with Gasteiger partial charge in [0.05, 0.1) is 5.30 Å². The van der Waals surface area contributed by atoms with Gasteiger partial charge < -0.3 is 9.05 Å². The largest absolute Gasteiger partial charge is 0.361 e. The number of rotatable bonds is 5. The van der Waals surface area contributed by atoms with Gasteiger partial charge in [-0.1, -0.05) is 72.3 Å². The molecule has 0 N–H and O–H groups in total. The Kier molecular flexibility index (Phi) is 5.19. The average Bonchev–Trinajstić information content (AvgIpc) is 2.68. The maximum Gasteiger partial charge on any atom is 0.361 e. The summed E-state index contributed by atoms with van der Waals surface area (Å²) in [5, 5.41) is 0.571. The summed E-state index contributed by atoms with van der Waals surface area (Å²) in [4.78, 5) is 0. The van der Waals surface area contributed by atoms with E-state index in [-0.39, 0.29) is 0 Å². The van der Waals surface area contributed by atoms with Gasteiger partial charge in [0.15, 0.2) is 0 Å². The zero-order valence-electron chi connectivity index (χ0n) is 14.6. The summed E-state index contributed by atoms with van der Waals surface area (Å²) in [5.41, 5.74) is 5.06. The van der Waals surface area contributed by atoms with Gasteiger partial charge in [-0.05, 0) is 35.2 Å². The SMILES string of the molecule is COP(=O)(OC)c1cc(-c2ccc(C)cc2)ccc1-c1ccccc1. The van der Waals surface area contributed by atoms with Gasteiger partial charge in [-0.3, -0.25) is 4.57 Å². The van der Waals surface area contributed by atoms with Crippen LogP contribution in [0.4, 0.5) is 0 Å². The number of benzene rings is 3. The molecule has 0 heterocycles. The molecule has 3 aromatic rings. The van der Waals surface area contributed by atoms with Crippen LogP contribution in [-0.2, 0) is 13.6 Å². The average molecular weight is 352 g/mol. The Morgan fingerprint density at radius 1 is 0.720 bits per heavy atom. The Labute approximate surface area is 148 Å². The molecule has 128 valence electrons. The summed E-state index contributed by atoms with van der Waals surface area (Å²) in [6.07, 6.45) is 0. The van der Waals surface area contributed by atoms with E-state index in [1.165, 1.54) is 19.8 Å². The lowest BCUT2D eigenvalue weighted by Gasteiger charge is -2.19. The Bertz CT molecular complexity index is 894. The van der Waals surface area contributed by atoms with Gasteiger partial charge in [-0.15, -0.1) is 0 Å². The van der Waals surface area contributed by atoms with Crippen LogP contribution in [0.5, 0.6) is 0 Å². The van der Waals surface area contributed by atoms with Crippen molar-refractivity contribution in [3.8, 4) is 22.3 Å². The lowest BCUT2D eigenvalue weighted by Crippen LogP contribution is -2.11. The second kappa shape index (κ2) is 7.37. The lowest BCUT2D eigenvalue weighted by atomic mass is 9.99. The van der Waals surface area contributed by atoms with Crippen molar-refractivity contribution in [1.82, 2.24) is 0 Å². The molecule has 0 amide bonds. The predicted octanol–water partition coefficient (Wildman–Crippen LogP) is 5.44. The highest BCUT2D eigenvalue weighted by Gasteiger charge is 2.28. The molecule has 0 spiro atoms. The van der Waals surface area contributed by atoms with Gasteiger partial charge >= 0.3 is 7.60 Å². The third-order valence-corrected chi connectivity index (χ3v) is 6.16. The molecule has 0 radical (unpaired) electrons. The normalized spacial score (nSPS) is 11.5. The topological polar surface area (TPSA) is 35.5 Å². The van der Waals surface area contributed by atoms with Crippen LogP contribution >= 0.6 is 7.60 Å². The van der Waals surface area contributed by atoms with Crippen LogP contribution in [0.1, 0.15) is 5.56 Å². The van der Waals surface area contributed by atoms with Gasteiger partial charge in [0.25, 0.3) is 0 Å². The van der Waals surface area contributed by atoms with Crippen molar-refractivity contribution in [1.29, 1.82) is 0 Å². The zero-order valence-corrected chi connectivity index (χ0v) is 15.5. The first-order chi connectivity index (χ1) is 12.1. The zero-order chi connectivity index (χ0) is 17.9. The van der Waals surface area contributed by atoms with Crippen molar-refractivity contribution in [3.05, 3.63) is 78.4 Å². The minimum atomic E-state index is -3.39. The molecule has 3 nitrogen and oxygen atoms in total. The minimum Gasteiger partial charge on any atom is -0.309 e. The second-order valence-corrected chi connectivity index (χ2v) is 8.03. The monoisotopic (exact) mass is 352 g/mol. The van der Waals surface area contributed by atoms with E-state index in [9.17, 15) is 4.57 Å². The molecule has 0 aliphatic carbocycles. The van der Waals surface area contributed by atoms with E-state index in [0.29, 0.717) is 5.30 Å². The van der Waals surface area contributed by atoms with Crippen molar-refractivity contribution in [3.63, 3.8) is 0 Å². The standard InChI is InChI=1S/C21H21O3P/c1-16-9-11-17(12-10-16)19-13-14-20(18-7-5-4-6-8-18)21(15-19)25(22,23-2)24-3/h4-15H,1-3H3. The molecule has 25 heavy (non-hydrogen) atoms. The molecule has 4 heteroatoms. The predicted molar refractivity (Wildman–Crippen MR) is 103 cm³/mol. The van der Waals surface area contributed by atoms with Gasteiger partial charge in [0.2, 0.25) is 0 Å². The summed E-state index contributed by atoms with van der Waals surface area (Å²) in [5.74, 6) is 0. The van der Waals surface area contributed by atoms with Crippen molar-refractivity contribution in [2.45, 2.75) is 6.92 Å². The van der Waals surface area contributed by atoms with Crippen LogP contribution < -0.4 is 5.30 Å². The van der Waals surface area contributed by atoms with Gasteiger partial charge in [-0.2, -0.15) is 0 Å². The van der Waals surface area contributed by atoms with Gasteiger partial charge in [-0.25, -0.2) is 0 Å². The Morgan fingerprint density at radius 3 is 1.92 bits per heavy atom. The molecule has 3 rings (SSSR count). The van der Waals surface area contributed by atoms with Crippen LogP contribution in [0.25, 0.3) is 22.3 Å². The van der Waals surface area contributed by atoms with Crippen molar-refractivity contribution >= 4 is 12.9 Å². The van der Waals surface area contributed by atoms with Crippen LogP contribution in [-0.4, -0.2) is 14.2 Å². The van der Waals surface area contributed by atoms with E-state index in [1.807, 2.05) is 48.5 Å². The van der Waals surface area contributed by atoms with Crippen LogP contribution in [0, 0.1) is 6.92 Å². The molecule has 0 bridgehead atoms. The number of hydrogen-bond donors (Lipinski definition) is 0. The molecule has 0 saturated carbocycles. The summed E-state index contributed by atoms with van der Waals surface area (Å²) >= 11 is 0. The van der Waals surface area contributed by atoms with Crippen LogP contribution in [0.15, 0.2) is 72.8 Å². The molecule has 0 atom stereocenters. The molecule has 0 unspecified atom stereocenters. The summed E-state index contributed by atoms with van der Waals surface area (Å²) in [6.45, 7) is 2.05. The quantitative estimate of drug-likeness (QED) is 0.574. The first-order valence-corrected chi connectivity index (χ1v) is 9.60. The van der Waals surface area contributed by atoms with Crippen molar-refractivity contribution in [2.75, 3.05) is 14.2 Å². The molecule has 0 aliphatic rings. The maximum atomic E-state index is 13.1. The molecule has 0 aromatic heterocycles. The highest BCUT2D eigenvalue weighted by molar-refractivity contribution is 7.62. The fraction of sp³-hybridized carbons (Fsp3) is 0.143. The van der Waals surface area contributed by atoms with E-state index in [2.05, 4.69) is 31.2 Å². The van der Waals surface area contributed by atoms with Crippen molar-refractivity contribution in [2.24, 2.45) is 0 Å². The highest BCUT2D eigenvalue weighted by atomic mass is 31.2. The third kappa shape index (κ3) is 3.59.